The molecule has 14 atom stereocenters. The summed E-state index contributed by atoms with van der Waals surface area (Å²) < 4.78 is 50.2. The number of amides is 15. The summed E-state index contributed by atoms with van der Waals surface area (Å²) in [5.74, 6) is -24.8. The minimum atomic E-state index is -1.90. The number of fused-ring (bicyclic) bond motifs is 3. The number of nitrogens with one attached hydrogen (secondary N) is 11. The van der Waals surface area contributed by atoms with Crippen LogP contribution in [0.15, 0.2) is 128 Å². The number of rotatable bonds is 25. The lowest BCUT2D eigenvalue weighted by molar-refractivity contribution is -0.152. The normalized spacial score (nSPS) is 24.0. The van der Waals surface area contributed by atoms with Gasteiger partial charge >= 0.3 is 5.97 Å². The van der Waals surface area contributed by atoms with E-state index in [0.717, 1.165) is 24.5 Å². The number of piperazine rings is 1. The monoisotopic (exact) mass is 1900 g/mol. The Balaban J connectivity index is 1.14. The Morgan fingerprint density at radius 3 is 1.76 bits per heavy atom. The number of unbranched alkanes of at least 4 members (excludes halogenated alkanes) is 1. The van der Waals surface area contributed by atoms with Gasteiger partial charge in [0.2, 0.25) is 88.6 Å². The number of nitrogens with two attached hydrogens (primary N) is 1. The lowest BCUT2D eigenvalue weighted by Gasteiger charge is -2.38. The molecule has 0 spiro atoms. The number of para-hydroxylation sites is 1. The SMILES string of the molecule is CCCC[C@H]1C(=O)N2C[C@H](O)C[C@@H]2C(=O)N[C@@H](COC=O)C(=O)N[C@@H](C(C)C)C(=O)N(C)[C@@H](Cc2ccccc2)C(=O)N[C@@H](CCC(=O)O)C(=O)N2CCNC[C@@H]2C(=O)N[C@@H](Cc2c[nH]c3ccccc23)C(=O)N[C@@H](Cc2ccc(O)cc2)C(=O)N[C@@H](CC(C)C)C(=O)N[C@H](C(=O)NCC(N)=O)CSCC(=O)N[C@@H](Cc2cc(F)c(F)c(F)c2)C(=O)N(C)[C@@H](Cc2ccccc2)C(=O)N1C. The molecule has 15 amide bonds. The molecular formula is C93H118F3N17O21S. The van der Waals surface area contributed by atoms with Gasteiger partial charge in [0, 0.05) is 115 Å². The van der Waals surface area contributed by atoms with Crippen LogP contribution in [0.4, 0.5) is 13.2 Å². The number of aliphatic carboxylic acids is 1. The first-order valence-corrected chi connectivity index (χ1v) is 45.6. The number of carbonyl (C=O) groups excluding carboxylic acids is 16. The highest BCUT2D eigenvalue weighted by molar-refractivity contribution is 8.00. The number of aromatic amines is 1. The molecular weight excluding hydrogens is 1780 g/mol. The molecule has 3 aliphatic rings. The van der Waals surface area contributed by atoms with Crippen LogP contribution in [-0.2, 0) is 118 Å². The summed E-state index contributed by atoms with van der Waals surface area (Å²) in [5.41, 5.74) is 7.35. The number of benzene rings is 5. The Kier molecular flexibility index (Phi) is 39.0. The molecule has 3 aliphatic heterocycles. The molecule has 9 rings (SSSR count). The van der Waals surface area contributed by atoms with Gasteiger partial charge in [-0.2, -0.15) is 0 Å². The van der Waals surface area contributed by atoms with Crippen molar-refractivity contribution in [1.29, 1.82) is 0 Å². The Hall–Kier alpha value is -13.5. The van der Waals surface area contributed by atoms with Crippen LogP contribution in [0.5, 0.6) is 5.75 Å². The molecule has 0 radical (unpaired) electrons. The Morgan fingerprint density at radius 1 is 0.578 bits per heavy atom. The first-order chi connectivity index (χ1) is 64.2. The molecule has 1 aromatic heterocycles. The molecule has 3 saturated heterocycles. The number of thioether (sulfide) groups is 1. The molecule has 135 heavy (non-hydrogen) atoms. The number of H-pyrrole nitrogens is 1. The minimum Gasteiger partial charge on any atom is -0.508 e. The third-order valence-electron chi connectivity index (χ3n) is 23.6. The fourth-order valence-corrected chi connectivity index (χ4v) is 17.2. The average Bonchev–Trinajstić information content (AvgIpc) is 1.75. The van der Waals surface area contributed by atoms with E-state index >= 15 is 56.7 Å². The molecule has 4 heterocycles. The standard InChI is InChI=1S/C93H118F3N17O21S/c1-9-10-25-71-92(132)113-46-59(116)42-73(113)87(127)106-69(47-134-50-114)85(125)108-80(52(4)5)93(133)110(7)72(39-53-19-13-11-14-20-53)86(126)102-64(30-31-78(119)120)90(130)112-33-32-98-44-75(112)88(128)105-67(41-57-43-99-63-24-18-17-23-60(57)63)84(124)104-66(37-55-26-28-58(115)29-27-55)83(123)103-65(34-51(2)3)82(122)107-70(81(121)100-45-76(97)117)48-135-49-77(118)101-68(38-56-35-61(94)79(96)62(95)36-56)89(129)111(8)74(91(131)109(71)6)40-54-21-15-12-16-22-54/h11-24,26-29,35-36,43,50-52,59,64-75,80,98-99,115-116H,9-10,25,30-34,37-42,44-49H2,1-8H3,(H2,97,117)(H,100,121)(H,101,118)(H,102,126)(H,103,123)(H,104,124)(H,105,128)(H,106,127)(H,107,122)(H,108,125)(H,119,120)/t59-,64+,65+,66+,67+,68+,69+,70+,71+,72+,73-,74+,75-,80+/m1/s1. The molecule has 0 unspecified atom stereocenters. The van der Waals surface area contributed by atoms with E-state index in [1.807, 2.05) is 0 Å². The van der Waals surface area contributed by atoms with Crippen LogP contribution in [-0.4, -0.2) is 302 Å². The van der Waals surface area contributed by atoms with Gasteiger partial charge in [-0.05, 0) is 89.2 Å². The predicted octanol–water partition coefficient (Wildman–Crippen LogP) is 0.204. The molecule has 0 saturated carbocycles. The van der Waals surface area contributed by atoms with Gasteiger partial charge in [-0.3, -0.25) is 81.5 Å². The molecule has 3 fully saturated rings. The van der Waals surface area contributed by atoms with E-state index in [1.54, 1.807) is 112 Å². The molecule has 728 valence electrons. The van der Waals surface area contributed by atoms with Crippen molar-refractivity contribution in [3.8, 4) is 5.75 Å². The second-order valence-electron chi connectivity index (χ2n) is 34.5. The van der Waals surface area contributed by atoms with Crippen LogP contribution >= 0.6 is 11.8 Å². The number of ether oxygens (including phenoxy) is 1. The minimum absolute atomic E-state index is 0.0295. The number of hydrogen-bond donors (Lipinski definition) is 15. The average molecular weight is 1900 g/mol. The fraction of sp³-hybridized carbons (Fsp3) is 0.473. The number of likely N-dealkylation sites (N-methyl/N-ethyl adjacent to an activating group) is 3. The Labute approximate surface area is 781 Å². The highest BCUT2D eigenvalue weighted by Gasteiger charge is 2.48. The zero-order chi connectivity index (χ0) is 98.6. The summed E-state index contributed by atoms with van der Waals surface area (Å²) in [5, 5.41) is 59.1. The summed E-state index contributed by atoms with van der Waals surface area (Å²) in [6, 6.07) is 8.10. The zero-order valence-corrected chi connectivity index (χ0v) is 76.9. The molecule has 0 aliphatic carbocycles. The molecule has 0 bridgehead atoms. The lowest BCUT2D eigenvalue weighted by Crippen LogP contribution is -2.65. The van der Waals surface area contributed by atoms with Crippen molar-refractivity contribution < 1.29 is 115 Å². The second-order valence-corrected chi connectivity index (χ2v) is 35.5. The molecule has 5 aromatic carbocycles. The van der Waals surface area contributed by atoms with Crippen molar-refractivity contribution in [1.82, 2.24) is 82.7 Å². The van der Waals surface area contributed by atoms with Crippen LogP contribution < -0.4 is 58.9 Å². The lowest BCUT2D eigenvalue weighted by atomic mass is 9.98. The number of carboxylic acid groups (broad SMARTS) is 1. The van der Waals surface area contributed by atoms with Gasteiger partial charge in [0.25, 0.3) is 6.47 Å². The molecule has 38 nitrogen and oxygen atoms in total. The van der Waals surface area contributed by atoms with E-state index in [1.165, 1.54) is 59.3 Å². The number of hydrogen-bond acceptors (Lipinski definition) is 22. The summed E-state index contributed by atoms with van der Waals surface area (Å²) in [4.78, 5) is 258. The number of carbonyl (C=O) groups is 17. The number of carboxylic acids is 1. The second kappa shape index (κ2) is 50.0. The van der Waals surface area contributed by atoms with Crippen LogP contribution in [0.2, 0.25) is 0 Å². The first-order valence-electron chi connectivity index (χ1n) is 44.4. The quantitative estimate of drug-likeness (QED) is 0.0269. The summed E-state index contributed by atoms with van der Waals surface area (Å²) in [6.07, 6.45) is -3.43. The summed E-state index contributed by atoms with van der Waals surface area (Å²) in [6.45, 7) is 5.40. The third kappa shape index (κ3) is 29.5. The van der Waals surface area contributed by atoms with Crippen LogP contribution in [0, 0.1) is 29.3 Å². The topological polar surface area (TPSA) is 538 Å². The van der Waals surface area contributed by atoms with Gasteiger partial charge in [-0.15, -0.1) is 11.8 Å². The summed E-state index contributed by atoms with van der Waals surface area (Å²) >= 11 is 0.656. The number of nitrogens with zero attached hydrogens (tertiary/aromatic N) is 5. The number of aromatic nitrogens is 1. The van der Waals surface area contributed by atoms with Gasteiger partial charge in [-0.25, -0.2) is 13.2 Å². The number of primary amides is 1. The number of phenolic OH excluding ortho intramolecular Hbond substituents is 1. The number of phenols is 1. The highest BCUT2D eigenvalue weighted by atomic mass is 32.2. The van der Waals surface area contributed by atoms with Crippen molar-refractivity contribution in [2.45, 2.75) is 196 Å². The van der Waals surface area contributed by atoms with E-state index in [-0.39, 0.29) is 82.4 Å². The van der Waals surface area contributed by atoms with Crippen molar-refractivity contribution in [3.63, 3.8) is 0 Å². The third-order valence-corrected chi connectivity index (χ3v) is 24.7. The van der Waals surface area contributed by atoms with Gasteiger partial charge in [0.15, 0.2) is 17.5 Å². The fourth-order valence-electron chi connectivity index (χ4n) is 16.3. The van der Waals surface area contributed by atoms with E-state index in [4.69, 9.17) is 10.5 Å². The van der Waals surface area contributed by atoms with Gasteiger partial charge in [-0.1, -0.05) is 138 Å². The number of aromatic hydroxyl groups is 1. The van der Waals surface area contributed by atoms with Gasteiger partial charge < -0.3 is 108 Å². The Morgan fingerprint density at radius 2 is 1.13 bits per heavy atom. The van der Waals surface area contributed by atoms with Crippen LogP contribution in [0.1, 0.15) is 107 Å². The molecule has 42 heteroatoms. The van der Waals surface area contributed by atoms with Crippen LogP contribution in [0.25, 0.3) is 10.9 Å². The summed E-state index contributed by atoms with van der Waals surface area (Å²) in [7, 11) is 3.64. The number of halogens is 3. The maximum absolute atomic E-state index is 15.7. The molecule has 16 N–H and O–H groups in total. The van der Waals surface area contributed by atoms with E-state index in [9.17, 15) is 53.3 Å². The van der Waals surface area contributed by atoms with Gasteiger partial charge in [0.05, 0.1) is 18.4 Å². The Bertz CT molecular complexity index is 5210. The van der Waals surface area contributed by atoms with Crippen molar-refractivity contribution in [3.05, 3.63) is 173 Å². The van der Waals surface area contributed by atoms with E-state index in [2.05, 4.69) is 58.2 Å². The van der Waals surface area contributed by atoms with Crippen molar-refractivity contribution in [2.75, 3.05) is 72.0 Å². The van der Waals surface area contributed by atoms with Crippen molar-refractivity contribution >= 4 is 124 Å². The largest absolute Gasteiger partial charge is 0.508 e. The van der Waals surface area contributed by atoms with E-state index in [0.29, 0.717) is 63.5 Å². The predicted molar refractivity (Wildman–Crippen MR) is 486 cm³/mol. The zero-order valence-electron chi connectivity index (χ0n) is 76.1. The number of aliphatic hydroxyl groups excluding tert-OH is 1. The maximum Gasteiger partial charge on any atom is 0.303 e. The highest BCUT2D eigenvalue weighted by Crippen LogP contribution is 2.28. The number of aliphatic hydroxyl groups is 1. The van der Waals surface area contributed by atoms with Crippen LogP contribution in [0.3, 0.4) is 0 Å². The van der Waals surface area contributed by atoms with Crippen molar-refractivity contribution in [2.24, 2.45) is 17.6 Å². The smallest absolute Gasteiger partial charge is 0.303 e. The first kappa shape index (κ1) is 105. The van der Waals surface area contributed by atoms with Gasteiger partial charge in [0.1, 0.15) is 90.9 Å². The molecule has 6 aromatic rings. The maximum atomic E-state index is 15.7. The van der Waals surface area contributed by atoms with E-state index < -0.39 is 265 Å².